The minimum absolute atomic E-state index is 0.184. The number of anilines is 3. The van der Waals surface area contributed by atoms with Gasteiger partial charge >= 0.3 is 0 Å². The van der Waals surface area contributed by atoms with E-state index in [4.69, 9.17) is 4.42 Å². The average Bonchev–Trinajstić information content (AvgIpc) is 3.13. The zero-order valence-corrected chi connectivity index (χ0v) is 14.0. The summed E-state index contributed by atoms with van der Waals surface area (Å²) in [7, 11) is 0. The van der Waals surface area contributed by atoms with Crippen molar-refractivity contribution in [1.29, 1.82) is 0 Å². The maximum Gasteiger partial charge on any atom is 0.274 e. The van der Waals surface area contributed by atoms with Crippen LogP contribution in [0.15, 0.2) is 59.3 Å². The number of nitrogens with zero attached hydrogens (tertiary/aromatic N) is 2. The molecular weight excluding hydrogens is 334 g/mol. The zero-order chi connectivity index (χ0) is 18.4. The molecule has 0 radical (unpaired) electrons. The van der Waals surface area contributed by atoms with Crippen LogP contribution in [0.4, 0.5) is 17.3 Å². The Kier molecular flexibility index (Phi) is 5.23. The summed E-state index contributed by atoms with van der Waals surface area (Å²) in [4.78, 5) is 31.8. The third-order valence-corrected chi connectivity index (χ3v) is 3.33. The Morgan fingerprint density at radius 3 is 2.62 bits per heavy atom. The Hall–Kier alpha value is -3.68. The van der Waals surface area contributed by atoms with Crippen molar-refractivity contribution in [2.24, 2.45) is 0 Å². The van der Waals surface area contributed by atoms with Crippen molar-refractivity contribution in [3.8, 4) is 0 Å². The van der Waals surface area contributed by atoms with Crippen LogP contribution in [-0.2, 0) is 11.3 Å². The molecule has 26 heavy (non-hydrogen) atoms. The molecule has 3 rings (SSSR count). The smallest absolute Gasteiger partial charge is 0.274 e. The summed E-state index contributed by atoms with van der Waals surface area (Å²) in [5, 5.41) is 8.40. The molecule has 0 spiro atoms. The molecule has 2 heterocycles. The lowest BCUT2D eigenvalue weighted by Crippen LogP contribution is -2.15. The van der Waals surface area contributed by atoms with Crippen molar-refractivity contribution in [2.45, 2.75) is 13.5 Å². The largest absolute Gasteiger partial charge is 0.467 e. The Bertz CT molecular complexity index is 909. The van der Waals surface area contributed by atoms with Gasteiger partial charge in [-0.1, -0.05) is 6.07 Å². The van der Waals surface area contributed by atoms with Gasteiger partial charge in [0.25, 0.3) is 5.91 Å². The molecule has 0 saturated heterocycles. The summed E-state index contributed by atoms with van der Waals surface area (Å²) in [6.07, 6.45) is 3.08. The zero-order valence-electron chi connectivity index (χ0n) is 14.0. The van der Waals surface area contributed by atoms with Crippen molar-refractivity contribution in [2.75, 3.05) is 16.0 Å². The molecule has 8 nitrogen and oxygen atoms in total. The number of nitrogens with one attached hydrogen (secondary N) is 3. The summed E-state index contributed by atoms with van der Waals surface area (Å²) in [6.45, 7) is 1.83. The fourth-order valence-corrected chi connectivity index (χ4v) is 2.22. The molecule has 0 aliphatic heterocycles. The SMILES string of the molecule is CC(=O)Nc1cccc(NC(=O)c2ccnc(NCc3ccco3)n2)c1. The van der Waals surface area contributed by atoms with E-state index in [2.05, 4.69) is 25.9 Å². The van der Waals surface area contributed by atoms with E-state index in [0.717, 1.165) is 5.76 Å². The third kappa shape index (κ3) is 4.67. The van der Waals surface area contributed by atoms with Crippen LogP contribution in [0.1, 0.15) is 23.2 Å². The highest BCUT2D eigenvalue weighted by molar-refractivity contribution is 6.03. The molecule has 1 aromatic carbocycles. The Labute approximate surface area is 149 Å². The minimum atomic E-state index is -0.381. The molecule has 0 unspecified atom stereocenters. The van der Waals surface area contributed by atoms with Crippen molar-refractivity contribution in [1.82, 2.24) is 9.97 Å². The number of rotatable bonds is 6. The minimum Gasteiger partial charge on any atom is -0.467 e. The van der Waals surface area contributed by atoms with Crippen LogP contribution in [0, 0.1) is 0 Å². The molecule has 0 fully saturated rings. The van der Waals surface area contributed by atoms with Gasteiger partial charge in [-0.3, -0.25) is 9.59 Å². The summed E-state index contributed by atoms with van der Waals surface area (Å²) in [5.74, 6) is 0.490. The van der Waals surface area contributed by atoms with Crippen molar-refractivity contribution < 1.29 is 14.0 Å². The van der Waals surface area contributed by atoms with E-state index in [1.165, 1.54) is 19.2 Å². The van der Waals surface area contributed by atoms with Crippen molar-refractivity contribution >= 4 is 29.1 Å². The fourth-order valence-electron chi connectivity index (χ4n) is 2.22. The van der Waals surface area contributed by atoms with Gasteiger partial charge in [0, 0.05) is 24.5 Å². The van der Waals surface area contributed by atoms with Crippen LogP contribution >= 0.6 is 0 Å². The van der Waals surface area contributed by atoms with Gasteiger partial charge in [-0.25, -0.2) is 9.97 Å². The van der Waals surface area contributed by atoms with Crippen LogP contribution in [-0.4, -0.2) is 21.8 Å². The number of amides is 2. The molecule has 2 amide bonds. The first-order valence-corrected chi connectivity index (χ1v) is 7.88. The topological polar surface area (TPSA) is 109 Å². The predicted molar refractivity (Wildman–Crippen MR) is 96.8 cm³/mol. The number of aromatic nitrogens is 2. The molecule has 0 bridgehead atoms. The van der Waals surface area contributed by atoms with E-state index >= 15 is 0 Å². The number of carbonyl (C=O) groups excluding carboxylic acids is 2. The first-order chi connectivity index (χ1) is 12.6. The average molecular weight is 351 g/mol. The van der Waals surface area contributed by atoms with Crippen molar-refractivity contribution in [3.63, 3.8) is 0 Å². The summed E-state index contributed by atoms with van der Waals surface area (Å²) in [5.41, 5.74) is 1.36. The van der Waals surface area contributed by atoms with Gasteiger partial charge in [0.1, 0.15) is 11.5 Å². The van der Waals surface area contributed by atoms with Gasteiger partial charge in [0.2, 0.25) is 11.9 Å². The highest BCUT2D eigenvalue weighted by atomic mass is 16.3. The monoisotopic (exact) mass is 351 g/mol. The molecule has 0 atom stereocenters. The van der Waals surface area contributed by atoms with Crippen LogP contribution < -0.4 is 16.0 Å². The van der Waals surface area contributed by atoms with Gasteiger partial charge in [0.05, 0.1) is 12.8 Å². The van der Waals surface area contributed by atoms with E-state index in [9.17, 15) is 9.59 Å². The van der Waals surface area contributed by atoms with Gasteiger partial charge in [-0.15, -0.1) is 0 Å². The molecule has 2 aromatic heterocycles. The number of furan rings is 1. The van der Waals surface area contributed by atoms with Crippen molar-refractivity contribution in [3.05, 3.63) is 66.4 Å². The molecular formula is C18H17N5O3. The second-order valence-electron chi connectivity index (χ2n) is 5.41. The second-order valence-corrected chi connectivity index (χ2v) is 5.41. The molecule has 3 N–H and O–H groups in total. The summed E-state index contributed by atoms with van der Waals surface area (Å²) < 4.78 is 5.22. The number of hydrogen-bond acceptors (Lipinski definition) is 6. The molecule has 0 aliphatic rings. The standard InChI is InChI=1S/C18H17N5O3/c1-12(24)21-13-4-2-5-14(10-13)22-17(25)16-7-8-19-18(23-16)20-11-15-6-3-9-26-15/h2-10H,11H2,1H3,(H,21,24)(H,22,25)(H,19,20,23). The van der Waals surface area contributed by atoms with Crippen LogP contribution in [0.5, 0.6) is 0 Å². The molecule has 3 aromatic rings. The molecule has 132 valence electrons. The quantitative estimate of drug-likeness (QED) is 0.630. The van der Waals surface area contributed by atoms with E-state index < -0.39 is 0 Å². The van der Waals surface area contributed by atoms with E-state index in [1.54, 1.807) is 36.6 Å². The highest BCUT2D eigenvalue weighted by Crippen LogP contribution is 2.16. The van der Waals surface area contributed by atoms with Gasteiger partial charge in [-0.05, 0) is 36.4 Å². The van der Waals surface area contributed by atoms with Crippen LogP contribution in [0.3, 0.4) is 0 Å². The van der Waals surface area contributed by atoms with Gasteiger partial charge in [0.15, 0.2) is 0 Å². The first-order valence-electron chi connectivity index (χ1n) is 7.88. The Morgan fingerprint density at radius 1 is 1.08 bits per heavy atom. The number of benzene rings is 1. The Morgan fingerprint density at radius 2 is 1.88 bits per heavy atom. The third-order valence-electron chi connectivity index (χ3n) is 3.33. The van der Waals surface area contributed by atoms with Crippen LogP contribution in [0.2, 0.25) is 0 Å². The molecule has 0 saturated carbocycles. The highest BCUT2D eigenvalue weighted by Gasteiger charge is 2.10. The first kappa shape index (κ1) is 17.2. The molecule has 8 heteroatoms. The fraction of sp³-hybridized carbons (Fsp3) is 0.111. The normalized spacial score (nSPS) is 10.2. The summed E-state index contributed by atoms with van der Waals surface area (Å²) >= 11 is 0. The maximum absolute atomic E-state index is 12.4. The second kappa shape index (κ2) is 7.93. The lowest BCUT2D eigenvalue weighted by molar-refractivity contribution is -0.114. The maximum atomic E-state index is 12.4. The van der Waals surface area contributed by atoms with E-state index in [-0.39, 0.29) is 17.5 Å². The van der Waals surface area contributed by atoms with Crippen LogP contribution in [0.25, 0.3) is 0 Å². The van der Waals surface area contributed by atoms with Gasteiger partial charge in [-0.2, -0.15) is 0 Å². The predicted octanol–water partition coefficient (Wildman–Crippen LogP) is 2.89. The van der Waals surface area contributed by atoms with Gasteiger partial charge < -0.3 is 20.4 Å². The summed E-state index contributed by atoms with van der Waals surface area (Å²) in [6, 6.07) is 12.0. The number of carbonyl (C=O) groups is 2. The lowest BCUT2D eigenvalue weighted by atomic mass is 10.2. The van der Waals surface area contributed by atoms with E-state index in [0.29, 0.717) is 23.9 Å². The Balaban J connectivity index is 1.66. The lowest BCUT2D eigenvalue weighted by Gasteiger charge is -2.08. The molecule has 0 aliphatic carbocycles. The number of hydrogen-bond donors (Lipinski definition) is 3. The van der Waals surface area contributed by atoms with E-state index in [1.807, 2.05) is 6.07 Å².